The Morgan fingerprint density at radius 1 is 0.719 bits per heavy atom. The monoisotopic (exact) mass is 410 g/mol. The van der Waals surface area contributed by atoms with E-state index < -0.39 is 0 Å². The van der Waals surface area contributed by atoms with Gasteiger partial charge in [-0.1, -0.05) is 74.5 Å². The van der Waals surface area contributed by atoms with Crippen molar-refractivity contribution in [2.75, 3.05) is 0 Å². The van der Waals surface area contributed by atoms with Gasteiger partial charge in [0.25, 0.3) is 0 Å². The van der Waals surface area contributed by atoms with Crippen molar-refractivity contribution in [3.05, 3.63) is 108 Å². The van der Waals surface area contributed by atoms with E-state index in [4.69, 9.17) is 0 Å². The van der Waals surface area contributed by atoms with Crippen LogP contribution in [0.5, 0.6) is 0 Å². The summed E-state index contributed by atoms with van der Waals surface area (Å²) in [5, 5.41) is 4.98. The van der Waals surface area contributed by atoms with Gasteiger partial charge in [-0.15, -0.1) is 0 Å². The Morgan fingerprint density at radius 3 is 2.50 bits per heavy atom. The predicted octanol–water partition coefficient (Wildman–Crippen LogP) is 7.64. The van der Waals surface area contributed by atoms with Gasteiger partial charge in [-0.25, -0.2) is 0 Å². The molecule has 2 nitrogen and oxygen atoms in total. The highest BCUT2D eigenvalue weighted by atomic mass is 15.0. The fourth-order valence-corrected chi connectivity index (χ4v) is 5.79. The third-order valence-electron chi connectivity index (χ3n) is 7.23. The largest absolute Gasteiger partial charge is 0.309 e. The maximum atomic E-state index is 4.29. The third kappa shape index (κ3) is 2.17. The van der Waals surface area contributed by atoms with Crippen molar-refractivity contribution in [2.24, 2.45) is 0 Å². The average molecular weight is 411 g/mol. The first-order valence-electron chi connectivity index (χ1n) is 11.2. The smallest absolute Gasteiger partial charge is 0.0588 e. The number of nitrogens with zero attached hydrogens (tertiary/aromatic N) is 2. The number of hydrogen-bond donors (Lipinski definition) is 0. The number of para-hydroxylation sites is 1. The Kier molecular flexibility index (Phi) is 3.37. The van der Waals surface area contributed by atoms with E-state index in [2.05, 4.69) is 108 Å². The summed E-state index contributed by atoms with van der Waals surface area (Å²) in [5.41, 5.74) is 9.22. The van der Waals surface area contributed by atoms with Crippen LogP contribution in [0.25, 0.3) is 49.4 Å². The lowest BCUT2D eigenvalue weighted by molar-refractivity contribution is 0.664. The van der Waals surface area contributed by atoms with Crippen LogP contribution in [0.15, 0.2) is 97.3 Å². The van der Waals surface area contributed by atoms with E-state index in [1.807, 2.05) is 12.4 Å². The van der Waals surface area contributed by atoms with Crippen LogP contribution < -0.4 is 0 Å². The molecule has 0 aliphatic heterocycles. The Labute approximate surface area is 186 Å². The molecule has 0 radical (unpaired) electrons. The maximum absolute atomic E-state index is 4.29. The van der Waals surface area contributed by atoms with Gasteiger partial charge >= 0.3 is 0 Å². The van der Waals surface area contributed by atoms with Gasteiger partial charge in [0.2, 0.25) is 0 Å². The van der Waals surface area contributed by atoms with Crippen LogP contribution in [-0.4, -0.2) is 9.55 Å². The first kappa shape index (κ1) is 17.7. The van der Waals surface area contributed by atoms with Crippen LogP contribution in [0, 0.1) is 0 Å². The summed E-state index contributed by atoms with van der Waals surface area (Å²) in [4.78, 5) is 4.29. The van der Waals surface area contributed by atoms with Gasteiger partial charge in [-0.3, -0.25) is 4.98 Å². The summed E-state index contributed by atoms with van der Waals surface area (Å²) in [7, 11) is 0. The molecule has 6 aromatic rings. The molecular formula is C30H22N2. The van der Waals surface area contributed by atoms with Gasteiger partial charge in [-0.05, 0) is 51.9 Å². The molecule has 0 N–H and O–H groups in total. The number of benzene rings is 4. The van der Waals surface area contributed by atoms with Crippen LogP contribution in [0.2, 0.25) is 0 Å². The highest BCUT2D eigenvalue weighted by Crippen LogP contribution is 2.52. The molecule has 0 saturated carbocycles. The summed E-state index contributed by atoms with van der Waals surface area (Å²) >= 11 is 0. The molecule has 0 spiro atoms. The van der Waals surface area contributed by atoms with Crippen LogP contribution >= 0.6 is 0 Å². The highest BCUT2D eigenvalue weighted by Gasteiger charge is 2.38. The van der Waals surface area contributed by atoms with E-state index in [0.717, 1.165) is 5.39 Å². The molecule has 1 aliphatic carbocycles. The second-order valence-corrected chi connectivity index (χ2v) is 9.31. The summed E-state index contributed by atoms with van der Waals surface area (Å²) in [6.45, 7) is 4.73. The molecule has 0 fully saturated rings. The van der Waals surface area contributed by atoms with Gasteiger partial charge in [-0.2, -0.15) is 0 Å². The second kappa shape index (κ2) is 6.08. The Hall–Kier alpha value is -3.91. The van der Waals surface area contributed by atoms with Crippen LogP contribution in [0.3, 0.4) is 0 Å². The maximum Gasteiger partial charge on any atom is 0.0588 e. The highest BCUT2D eigenvalue weighted by molar-refractivity contribution is 6.13. The van der Waals surface area contributed by atoms with Crippen LogP contribution in [-0.2, 0) is 5.41 Å². The average Bonchev–Trinajstić information content (AvgIpc) is 3.28. The molecule has 0 bridgehead atoms. The first-order valence-corrected chi connectivity index (χ1v) is 11.2. The molecule has 7 rings (SSSR count). The van der Waals surface area contributed by atoms with Crippen LogP contribution in [0.1, 0.15) is 25.0 Å². The lowest BCUT2D eigenvalue weighted by Gasteiger charge is -2.23. The van der Waals surface area contributed by atoms with Crippen molar-refractivity contribution in [3.63, 3.8) is 0 Å². The lowest BCUT2D eigenvalue weighted by Crippen LogP contribution is -2.16. The van der Waals surface area contributed by atoms with E-state index in [0.29, 0.717) is 0 Å². The first-order chi connectivity index (χ1) is 15.6. The molecule has 2 heteroatoms. The fourth-order valence-electron chi connectivity index (χ4n) is 5.79. The molecule has 0 atom stereocenters. The number of hydrogen-bond acceptors (Lipinski definition) is 1. The number of fused-ring (bicyclic) bond motifs is 8. The molecule has 2 heterocycles. The zero-order chi connectivity index (χ0) is 21.4. The number of rotatable bonds is 1. The standard InChI is InChI=1S/C30H22N2/c1-30(2)26-9-5-3-7-22(26)24-13-14-25-23-8-4-6-10-27(23)32(29(25)28(24)30)21-12-11-20-18-31-16-15-19(20)17-21/h3-18H,1-2H3. The molecule has 0 amide bonds. The molecule has 32 heavy (non-hydrogen) atoms. The molecule has 0 saturated heterocycles. The zero-order valence-electron chi connectivity index (χ0n) is 18.1. The minimum Gasteiger partial charge on any atom is -0.309 e. The quantitative estimate of drug-likeness (QED) is 0.272. The van der Waals surface area contributed by atoms with Gasteiger partial charge in [0.05, 0.1) is 11.0 Å². The van der Waals surface area contributed by atoms with Crippen molar-refractivity contribution in [3.8, 4) is 16.8 Å². The normalized spacial score (nSPS) is 14.2. The number of pyridine rings is 1. The van der Waals surface area contributed by atoms with E-state index >= 15 is 0 Å². The summed E-state index contributed by atoms with van der Waals surface area (Å²) < 4.78 is 2.47. The Balaban J connectivity index is 1.68. The molecule has 0 unspecified atom stereocenters. The van der Waals surface area contributed by atoms with E-state index in [1.165, 1.54) is 55.1 Å². The SMILES string of the molecule is CC1(C)c2ccccc2-c2ccc3c4ccccc4n(-c4ccc5cnccc5c4)c3c21. The van der Waals surface area contributed by atoms with Crippen molar-refractivity contribution in [1.82, 2.24) is 9.55 Å². The third-order valence-corrected chi connectivity index (χ3v) is 7.23. The predicted molar refractivity (Wildman–Crippen MR) is 134 cm³/mol. The second-order valence-electron chi connectivity index (χ2n) is 9.31. The molecule has 152 valence electrons. The van der Waals surface area contributed by atoms with E-state index in [9.17, 15) is 0 Å². The minimum absolute atomic E-state index is 0.0711. The molecule has 4 aromatic carbocycles. The fraction of sp³-hybridized carbons (Fsp3) is 0.100. The molecule has 1 aliphatic rings. The van der Waals surface area contributed by atoms with E-state index in [-0.39, 0.29) is 5.41 Å². The van der Waals surface area contributed by atoms with Gasteiger partial charge < -0.3 is 4.57 Å². The summed E-state index contributed by atoms with van der Waals surface area (Å²) in [5.74, 6) is 0. The summed E-state index contributed by atoms with van der Waals surface area (Å²) in [6.07, 6.45) is 3.80. The Bertz CT molecular complexity index is 1700. The number of aromatic nitrogens is 2. The van der Waals surface area contributed by atoms with Gasteiger partial charge in [0, 0.05) is 39.7 Å². The minimum atomic E-state index is -0.0711. The van der Waals surface area contributed by atoms with Crippen molar-refractivity contribution in [1.29, 1.82) is 0 Å². The lowest BCUT2D eigenvalue weighted by atomic mass is 9.81. The van der Waals surface area contributed by atoms with E-state index in [1.54, 1.807) is 0 Å². The van der Waals surface area contributed by atoms with Crippen molar-refractivity contribution in [2.45, 2.75) is 19.3 Å². The molecule has 2 aromatic heterocycles. The van der Waals surface area contributed by atoms with Gasteiger partial charge in [0.1, 0.15) is 0 Å². The van der Waals surface area contributed by atoms with Gasteiger partial charge in [0.15, 0.2) is 0 Å². The topological polar surface area (TPSA) is 17.8 Å². The van der Waals surface area contributed by atoms with Crippen molar-refractivity contribution < 1.29 is 0 Å². The Morgan fingerprint density at radius 2 is 1.56 bits per heavy atom. The summed E-state index contributed by atoms with van der Waals surface area (Å²) in [6, 6.07) is 31.1. The zero-order valence-corrected chi connectivity index (χ0v) is 18.1. The van der Waals surface area contributed by atoms with Crippen molar-refractivity contribution >= 4 is 32.6 Å². The molecular weight excluding hydrogens is 388 g/mol. The van der Waals surface area contributed by atoms with Crippen LogP contribution in [0.4, 0.5) is 0 Å².